The van der Waals surface area contributed by atoms with Gasteiger partial charge in [-0.15, -0.1) is 10.2 Å². The monoisotopic (exact) mass is 407 g/mol. The van der Waals surface area contributed by atoms with Crippen LogP contribution < -0.4 is 0 Å². The summed E-state index contributed by atoms with van der Waals surface area (Å²) in [5.74, 6) is 0.951. The van der Waals surface area contributed by atoms with Gasteiger partial charge in [-0.05, 0) is 18.2 Å². The van der Waals surface area contributed by atoms with Crippen molar-refractivity contribution in [1.82, 2.24) is 24.3 Å². The minimum Gasteiger partial charge on any atom is -0.411 e. The molecule has 1 aromatic carbocycles. The summed E-state index contributed by atoms with van der Waals surface area (Å²) in [7, 11) is -1.68. The van der Waals surface area contributed by atoms with Gasteiger partial charge in [-0.3, -0.25) is 4.68 Å². The van der Waals surface area contributed by atoms with E-state index in [1.165, 1.54) is 16.1 Å². The quantitative estimate of drug-likeness (QED) is 0.530. The van der Waals surface area contributed by atoms with Gasteiger partial charge in [-0.25, -0.2) is 8.42 Å². The maximum atomic E-state index is 12.7. The van der Waals surface area contributed by atoms with Crippen molar-refractivity contribution >= 4 is 21.8 Å². The number of aryl methyl sites for hydroxylation is 1. The highest BCUT2D eigenvalue weighted by molar-refractivity contribution is 7.98. The lowest BCUT2D eigenvalue weighted by molar-refractivity contribution is 0.445. The SMILES string of the molecule is CCN(CC)S(=O)(=O)c1cccc(-c2nnc(SCc3cnn(C)c3)o2)c1. The van der Waals surface area contributed by atoms with Gasteiger partial charge in [-0.1, -0.05) is 31.7 Å². The van der Waals surface area contributed by atoms with Gasteiger partial charge in [0.05, 0.1) is 11.1 Å². The molecule has 0 aliphatic heterocycles. The van der Waals surface area contributed by atoms with Gasteiger partial charge in [0.2, 0.25) is 15.9 Å². The van der Waals surface area contributed by atoms with E-state index in [-0.39, 0.29) is 4.90 Å². The van der Waals surface area contributed by atoms with Crippen molar-refractivity contribution in [2.24, 2.45) is 7.05 Å². The van der Waals surface area contributed by atoms with E-state index in [0.717, 1.165) is 5.56 Å². The van der Waals surface area contributed by atoms with Crippen molar-refractivity contribution in [2.45, 2.75) is 29.7 Å². The summed E-state index contributed by atoms with van der Waals surface area (Å²) < 4.78 is 34.2. The topological polar surface area (TPSA) is 94.1 Å². The fraction of sp³-hybridized carbons (Fsp3) is 0.353. The normalized spacial score (nSPS) is 12.0. The second-order valence-corrected chi connectivity index (χ2v) is 8.67. The first-order valence-electron chi connectivity index (χ1n) is 8.48. The Balaban J connectivity index is 1.78. The predicted molar refractivity (Wildman–Crippen MR) is 103 cm³/mol. The molecule has 0 fully saturated rings. The average Bonchev–Trinajstić information content (AvgIpc) is 3.30. The van der Waals surface area contributed by atoms with Gasteiger partial charge in [0.1, 0.15) is 0 Å². The van der Waals surface area contributed by atoms with Crippen LogP contribution >= 0.6 is 11.8 Å². The molecule has 0 spiro atoms. The van der Waals surface area contributed by atoms with Crippen LogP contribution in [-0.2, 0) is 22.8 Å². The van der Waals surface area contributed by atoms with Crippen LogP contribution in [0.1, 0.15) is 19.4 Å². The van der Waals surface area contributed by atoms with Crippen LogP contribution in [0, 0.1) is 0 Å². The van der Waals surface area contributed by atoms with Gasteiger partial charge in [0, 0.05) is 43.2 Å². The van der Waals surface area contributed by atoms with Gasteiger partial charge in [0.15, 0.2) is 0 Å². The molecule has 0 saturated carbocycles. The van der Waals surface area contributed by atoms with Crippen molar-refractivity contribution < 1.29 is 12.8 Å². The average molecular weight is 408 g/mol. The summed E-state index contributed by atoms with van der Waals surface area (Å²) in [5, 5.41) is 12.6. The molecule has 144 valence electrons. The standard InChI is InChI=1S/C17H21N5O3S2/c1-4-22(5-2)27(23,24)15-8-6-7-14(9-15)16-19-20-17(25-16)26-12-13-10-18-21(3)11-13/h6-11H,4-5,12H2,1-3H3. The van der Waals surface area contributed by atoms with E-state index in [9.17, 15) is 8.42 Å². The second kappa shape index (κ2) is 8.24. The highest BCUT2D eigenvalue weighted by Gasteiger charge is 2.22. The number of sulfonamides is 1. The molecule has 10 heteroatoms. The highest BCUT2D eigenvalue weighted by atomic mass is 32.2. The molecule has 3 rings (SSSR count). The Labute approximate surface area is 162 Å². The highest BCUT2D eigenvalue weighted by Crippen LogP contribution is 2.27. The Bertz CT molecular complexity index is 1010. The fourth-order valence-corrected chi connectivity index (χ4v) is 4.76. The third-order valence-electron chi connectivity index (χ3n) is 3.95. The molecular weight excluding hydrogens is 386 g/mol. The van der Waals surface area contributed by atoms with E-state index in [0.29, 0.717) is 35.5 Å². The molecule has 0 unspecified atom stereocenters. The zero-order valence-corrected chi connectivity index (χ0v) is 17.0. The molecular formula is C17H21N5O3S2. The van der Waals surface area contributed by atoms with Crippen molar-refractivity contribution in [3.05, 3.63) is 42.2 Å². The van der Waals surface area contributed by atoms with Crippen LogP contribution in [0.5, 0.6) is 0 Å². The molecule has 0 N–H and O–H groups in total. The smallest absolute Gasteiger partial charge is 0.277 e. The van der Waals surface area contributed by atoms with Gasteiger partial charge in [-0.2, -0.15) is 9.40 Å². The molecule has 0 radical (unpaired) electrons. The van der Waals surface area contributed by atoms with Crippen molar-refractivity contribution in [2.75, 3.05) is 13.1 Å². The number of thioether (sulfide) groups is 1. The zero-order valence-electron chi connectivity index (χ0n) is 15.4. The minimum atomic E-state index is -3.54. The number of hydrogen-bond acceptors (Lipinski definition) is 7. The minimum absolute atomic E-state index is 0.214. The maximum absolute atomic E-state index is 12.7. The van der Waals surface area contributed by atoms with Crippen LogP contribution in [0.15, 0.2) is 51.2 Å². The molecule has 8 nitrogen and oxygen atoms in total. The summed E-state index contributed by atoms with van der Waals surface area (Å²) in [5.41, 5.74) is 1.62. The van der Waals surface area contributed by atoms with Crippen LogP contribution in [0.3, 0.4) is 0 Å². The Morgan fingerprint density at radius 3 is 2.67 bits per heavy atom. The first kappa shape index (κ1) is 19.6. The lowest BCUT2D eigenvalue weighted by Crippen LogP contribution is -2.30. The van der Waals surface area contributed by atoms with Crippen LogP contribution in [0.4, 0.5) is 0 Å². The molecule has 3 aromatic rings. The molecule has 2 aromatic heterocycles. The number of benzene rings is 1. The zero-order chi connectivity index (χ0) is 19.4. The van der Waals surface area contributed by atoms with E-state index in [1.807, 2.05) is 27.1 Å². The van der Waals surface area contributed by atoms with E-state index in [2.05, 4.69) is 15.3 Å². The van der Waals surface area contributed by atoms with E-state index < -0.39 is 10.0 Å². The number of nitrogens with zero attached hydrogens (tertiary/aromatic N) is 5. The second-order valence-electron chi connectivity index (χ2n) is 5.80. The van der Waals surface area contributed by atoms with Crippen LogP contribution in [0.25, 0.3) is 11.5 Å². The number of rotatable bonds is 8. The Hall–Kier alpha value is -2.17. The molecule has 0 saturated heterocycles. The third kappa shape index (κ3) is 4.40. The Morgan fingerprint density at radius 2 is 2.00 bits per heavy atom. The van der Waals surface area contributed by atoms with Gasteiger partial charge >= 0.3 is 0 Å². The van der Waals surface area contributed by atoms with Crippen LogP contribution in [-0.4, -0.2) is 45.8 Å². The summed E-state index contributed by atoms with van der Waals surface area (Å²) in [6.07, 6.45) is 3.71. The van der Waals surface area contributed by atoms with Crippen LogP contribution in [0.2, 0.25) is 0 Å². The van der Waals surface area contributed by atoms with E-state index in [1.54, 1.807) is 35.1 Å². The van der Waals surface area contributed by atoms with Crippen molar-refractivity contribution in [1.29, 1.82) is 0 Å². The summed E-state index contributed by atoms with van der Waals surface area (Å²) in [6.45, 7) is 4.46. The largest absolute Gasteiger partial charge is 0.411 e. The molecule has 0 atom stereocenters. The van der Waals surface area contributed by atoms with Gasteiger partial charge < -0.3 is 4.42 Å². The maximum Gasteiger partial charge on any atom is 0.277 e. The molecule has 0 amide bonds. The molecule has 0 aliphatic carbocycles. The summed E-state index contributed by atoms with van der Waals surface area (Å²) >= 11 is 1.40. The molecule has 0 aliphatic rings. The fourth-order valence-electron chi connectivity index (χ4n) is 2.58. The molecule has 27 heavy (non-hydrogen) atoms. The lowest BCUT2D eigenvalue weighted by atomic mass is 10.2. The number of aromatic nitrogens is 4. The lowest BCUT2D eigenvalue weighted by Gasteiger charge is -2.18. The van der Waals surface area contributed by atoms with Crippen molar-refractivity contribution in [3.8, 4) is 11.5 Å². The summed E-state index contributed by atoms with van der Waals surface area (Å²) in [6, 6.07) is 6.57. The third-order valence-corrected chi connectivity index (χ3v) is 6.89. The predicted octanol–water partition coefficient (Wildman–Crippen LogP) is 2.79. The number of hydrogen-bond donors (Lipinski definition) is 0. The van der Waals surface area contributed by atoms with E-state index in [4.69, 9.17) is 4.42 Å². The van der Waals surface area contributed by atoms with E-state index >= 15 is 0 Å². The molecule has 2 heterocycles. The van der Waals surface area contributed by atoms with Gasteiger partial charge in [0.25, 0.3) is 5.22 Å². The molecule has 0 bridgehead atoms. The van der Waals surface area contributed by atoms with Crippen molar-refractivity contribution in [3.63, 3.8) is 0 Å². The first-order chi connectivity index (χ1) is 12.9. The first-order valence-corrected chi connectivity index (χ1v) is 10.9. The Morgan fingerprint density at radius 1 is 1.22 bits per heavy atom. The summed E-state index contributed by atoms with van der Waals surface area (Å²) in [4.78, 5) is 0.214. The Kier molecular flexibility index (Phi) is 5.98.